The van der Waals surface area contributed by atoms with E-state index in [1.165, 1.54) is 6.42 Å². The van der Waals surface area contributed by atoms with Gasteiger partial charge in [0.2, 0.25) is 0 Å². The zero-order valence-electron chi connectivity index (χ0n) is 11.0. The van der Waals surface area contributed by atoms with Gasteiger partial charge in [-0.3, -0.25) is 0 Å². The Bertz CT molecular complexity index is 473. The topological polar surface area (TPSA) is 39.9 Å². The van der Waals surface area contributed by atoms with Crippen molar-refractivity contribution < 1.29 is 0 Å². The molecule has 0 aliphatic heterocycles. The van der Waals surface area contributed by atoms with Gasteiger partial charge in [0, 0.05) is 19.3 Å². The second kappa shape index (κ2) is 4.37. The van der Waals surface area contributed by atoms with Gasteiger partial charge in [-0.15, -0.1) is 0 Å². The number of nitrogens with zero attached hydrogens (tertiary/aromatic N) is 3. The molecule has 2 unspecified atom stereocenters. The van der Waals surface area contributed by atoms with Crippen molar-refractivity contribution in [2.24, 2.45) is 11.8 Å². The molecule has 2 rings (SSSR count). The maximum Gasteiger partial charge on any atom is 0.146 e. The van der Waals surface area contributed by atoms with Crippen molar-refractivity contribution >= 4 is 5.82 Å². The molecule has 2 atom stereocenters. The minimum Gasteiger partial charge on any atom is -0.358 e. The number of aryl methyl sites for hydroxylation is 2. The zero-order valence-corrected chi connectivity index (χ0v) is 11.0. The van der Waals surface area contributed by atoms with Crippen LogP contribution in [0.2, 0.25) is 0 Å². The lowest BCUT2D eigenvalue weighted by Crippen LogP contribution is -2.23. The molecule has 0 radical (unpaired) electrons. The lowest BCUT2D eigenvalue weighted by molar-refractivity contribution is 0.718. The first kappa shape index (κ1) is 11.9. The third-order valence-electron chi connectivity index (χ3n) is 3.58. The van der Waals surface area contributed by atoms with Crippen LogP contribution in [0, 0.1) is 37.0 Å². The molecular weight excluding hydrogens is 210 g/mol. The molecule has 1 aromatic rings. The lowest BCUT2D eigenvalue weighted by Gasteiger charge is -2.20. The van der Waals surface area contributed by atoms with E-state index in [4.69, 9.17) is 0 Å². The summed E-state index contributed by atoms with van der Waals surface area (Å²) >= 11 is 0. The van der Waals surface area contributed by atoms with Crippen molar-refractivity contribution in [1.29, 1.82) is 5.26 Å². The van der Waals surface area contributed by atoms with E-state index in [9.17, 15) is 5.26 Å². The first-order valence-corrected chi connectivity index (χ1v) is 6.12. The Labute approximate surface area is 103 Å². The summed E-state index contributed by atoms with van der Waals surface area (Å²) in [6, 6.07) is 4.24. The van der Waals surface area contributed by atoms with Crippen LogP contribution in [0.15, 0.2) is 6.07 Å². The molecule has 1 aliphatic carbocycles. The number of hydrogen-bond donors (Lipinski definition) is 0. The van der Waals surface area contributed by atoms with Gasteiger partial charge in [-0.1, -0.05) is 6.92 Å². The highest BCUT2D eigenvalue weighted by Crippen LogP contribution is 2.38. The van der Waals surface area contributed by atoms with Crippen molar-refractivity contribution in [2.45, 2.75) is 27.2 Å². The van der Waals surface area contributed by atoms with Crippen LogP contribution in [-0.4, -0.2) is 18.6 Å². The van der Waals surface area contributed by atoms with E-state index in [-0.39, 0.29) is 0 Å². The number of nitriles is 1. The molecule has 1 heterocycles. The van der Waals surface area contributed by atoms with E-state index in [1.54, 1.807) is 0 Å². The Hall–Kier alpha value is -1.56. The molecule has 1 aromatic heterocycles. The van der Waals surface area contributed by atoms with Crippen molar-refractivity contribution in [1.82, 2.24) is 4.98 Å². The molecule has 0 saturated heterocycles. The molecule has 0 bridgehead atoms. The summed E-state index contributed by atoms with van der Waals surface area (Å²) in [5.41, 5.74) is 2.71. The lowest BCUT2D eigenvalue weighted by atomic mass is 10.1. The van der Waals surface area contributed by atoms with Gasteiger partial charge in [-0.05, 0) is 43.7 Å². The van der Waals surface area contributed by atoms with Gasteiger partial charge in [0.25, 0.3) is 0 Å². The minimum absolute atomic E-state index is 0.714. The first-order chi connectivity index (χ1) is 8.02. The molecule has 1 aliphatic rings. The monoisotopic (exact) mass is 229 g/mol. The van der Waals surface area contributed by atoms with Gasteiger partial charge < -0.3 is 4.90 Å². The highest BCUT2D eigenvalue weighted by atomic mass is 15.2. The molecule has 0 N–H and O–H groups in total. The Balaban J connectivity index is 2.27. The minimum atomic E-state index is 0.714. The predicted molar refractivity (Wildman–Crippen MR) is 69.0 cm³/mol. The molecule has 17 heavy (non-hydrogen) atoms. The molecule has 0 spiro atoms. The van der Waals surface area contributed by atoms with Gasteiger partial charge in [0.1, 0.15) is 11.9 Å². The van der Waals surface area contributed by atoms with Crippen molar-refractivity contribution in [2.75, 3.05) is 18.5 Å². The van der Waals surface area contributed by atoms with Gasteiger partial charge in [-0.25, -0.2) is 4.98 Å². The Morgan fingerprint density at radius 2 is 2.18 bits per heavy atom. The molecule has 3 heteroatoms. The number of rotatable bonds is 3. The fourth-order valence-electron chi connectivity index (χ4n) is 2.32. The van der Waals surface area contributed by atoms with E-state index >= 15 is 0 Å². The van der Waals surface area contributed by atoms with Crippen LogP contribution >= 0.6 is 0 Å². The Morgan fingerprint density at radius 1 is 1.53 bits per heavy atom. The second-order valence-electron chi connectivity index (χ2n) is 5.24. The molecule has 0 aromatic carbocycles. The zero-order chi connectivity index (χ0) is 12.6. The summed E-state index contributed by atoms with van der Waals surface area (Å²) < 4.78 is 0. The van der Waals surface area contributed by atoms with E-state index < -0.39 is 0 Å². The quantitative estimate of drug-likeness (QED) is 0.800. The molecule has 1 saturated carbocycles. The predicted octanol–water partition coefficient (Wildman–Crippen LogP) is 2.66. The molecule has 0 amide bonds. The van der Waals surface area contributed by atoms with Gasteiger partial charge in [-0.2, -0.15) is 5.26 Å². The highest BCUT2D eigenvalue weighted by molar-refractivity contribution is 5.57. The second-order valence-corrected chi connectivity index (χ2v) is 5.24. The van der Waals surface area contributed by atoms with Crippen LogP contribution in [-0.2, 0) is 0 Å². The summed E-state index contributed by atoms with van der Waals surface area (Å²) in [4.78, 5) is 6.65. The summed E-state index contributed by atoms with van der Waals surface area (Å²) in [5, 5.41) is 9.22. The van der Waals surface area contributed by atoms with Gasteiger partial charge in [0.05, 0.1) is 5.56 Å². The van der Waals surface area contributed by atoms with Crippen molar-refractivity contribution in [3.05, 3.63) is 22.9 Å². The fraction of sp³-hybridized carbons (Fsp3) is 0.571. The summed E-state index contributed by atoms with van der Waals surface area (Å²) in [6.45, 7) is 7.24. The van der Waals surface area contributed by atoms with Crippen LogP contribution in [0.3, 0.4) is 0 Å². The summed E-state index contributed by atoms with van der Waals surface area (Å²) in [7, 11) is 2.03. The number of anilines is 1. The van der Waals surface area contributed by atoms with E-state index in [1.807, 2.05) is 27.0 Å². The van der Waals surface area contributed by atoms with Crippen molar-refractivity contribution in [3.63, 3.8) is 0 Å². The molecule has 3 nitrogen and oxygen atoms in total. The average Bonchev–Trinajstić information content (AvgIpc) is 2.93. The maximum atomic E-state index is 9.22. The number of aromatic nitrogens is 1. The van der Waals surface area contributed by atoms with Crippen LogP contribution < -0.4 is 4.90 Å². The van der Waals surface area contributed by atoms with E-state index in [0.717, 1.165) is 35.5 Å². The standard InChI is InChI=1S/C14H19N3/c1-9-6-12(9)8-17(4)14-13(7-15)10(2)5-11(3)16-14/h5,9,12H,6,8H2,1-4H3. The smallest absolute Gasteiger partial charge is 0.146 e. The van der Waals surface area contributed by atoms with Crippen LogP contribution in [0.5, 0.6) is 0 Å². The van der Waals surface area contributed by atoms with Gasteiger partial charge in [0.15, 0.2) is 0 Å². The van der Waals surface area contributed by atoms with Crippen LogP contribution in [0.25, 0.3) is 0 Å². The number of hydrogen-bond acceptors (Lipinski definition) is 3. The largest absolute Gasteiger partial charge is 0.358 e. The third kappa shape index (κ3) is 2.41. The SMILES string of the molecule is Cc1cc(C)c(C#N)c(N(C)CC2CC2C)n1. The first-order valence-electron chi connectivity index (χ1n) is 6.12. The average molecular weight is 229 g/mol. The van der Waals surface area contributed by atoms with Crippen LogP contribution in [0.1, 0.15) is 30.2 Å². The summed E-state index contributed by atoms with van der Waals surface area (Å²) in [6.07, 6.45) is 1.30. The Kier molecular flexibility index (Phi) is 3.06. The van der Waals surface area contributed by atoms with E-state index in [2.05, 4.69) is 22.9 Å². The maximum absolute atomic E-state index is 9.22. The fourth-order valence-corrected chi connectivity index (χ4v) is 2.32. The van der Waals surface area contributed by atoms with Crippen molar-refractivity contribution in [3.8, 4) is 6.07 Å². The Morgan fingerprint density at radius 3 is 2.71 bits per heavy atom. The summed E-state index contributed by atoms with van der Waals surface area (Å²) in [5.74, 6) is 2.44. The molecule has 90 valence electrons. The number of pyridine rings is 1. The molecule has 1 fully saturated rings. The highest BCUT2D eigenvalue weighted by Gasteiger charge is 2.33. The molecular formula is C14H19N3. The van der Waals surface area contributed by atoms with E-state index in [0.29, 0.717) is 5.56 Å². The normalized spacial score (nSPS) is 22.1. The van der Waals surface area contributed by atoms with Crippen LogP contribution in [0.4, 0.5) is 5.82 Å². The third-order valence-corrected chi connectivity index (χ3v) is 3.58. The van der Waals surface area contributed by atoms with Gasteiger partial charge >= 0.3 is 0 Å².